The number of rotatable bonds is 7. The highest BCUT2D eigenvalue weighted by Gasteiger charge is 2.37. The van der Waals surface area contributed by atoms with Crippen molar-refractivity contribution in [3.63, 3.8) is 0 Å². The number of hydrogen-bond donors (Lipinski definition) is 1. The van der Waals surface area contributed by atoms with Gasteiger partial charge in [-0.2, -0.15) is 0 Å². The summed E-state index contributed by atoms with van der Waals surface area (Å²) in [6.07, 6.45) is -3.94. The molecule has 6 nitrogen and oxygen atoms in total. The van der Waals surface area contributed by atoms with Gasteiger partial charge in [0.1, 0.15) is 17.2 Å². The van der Waals surface area contributed by atoms with E-state index in [1.54, 1.807) is 24.3 Å². The molecule has 9 heteroatoms. The summed E-state index contributed by atoms with van der Waals surface area (Å²) in [5, 5.41) is 2.84. The largest absolute Gasteiger partial charge is 0.573 e. The second-order valence-electron chi connectivity index (χ2n) is 6.49. The molecule has 0 aliphatic carbocycles. The summed E-state index contributed by atoms with van der Waals surface area (Å²) < 4.78 is 46.3. The smallest absolute Gasteiger partial charge is 0.494 e. The van der Waals surface area contributed by atoms with Crippen LogP contribution < -0.4 is 14.8 Å². The van der Waals surface area contributed by atoms with Crippen molar-refractivity contribution >= 4 is 23.1 Å². The second kappa shape index (κ2) is 8.48. The van der Waals surface area contributed by atoms with Crippen molar-refractivity contribution < 1.29 is 32.2 Å². The van der Waals surface area contributed by atoms with E-state index in [0.29, 0.717) is 23.6 Å². The van der Waals surface area contributed by atoms with E-state index in [-0.39, 0.29) is 11.3 Å². The first-order valence-corrected chi connectivity index (χ1v) is 9.12. The van der Waals surface area contributed by atoms with Gasteiger partial charge in [0, 0.05) is 12.7 Å². The summed E-state index contributed by atoms with van der Waals surface area (Å²) in [4.78, 5) is 26.1. The van der Waals surface area contributed by atoms with E-state index >= 15 is 0 Å². The van der Waals surface area contributed by atoms with Crippen molar-refractivity contribution in [2.24, 2.45) is 0 Å². The van der Waals surface area contributed by atoms with Gasteiger partial charge < -0.3 is 14.8 Å². The zero-order valence-corrected chi connectivity index (χ0v) is 16.2. The summed E-state index contributed by atoms with van der Waals surface area (Å²) in [6, 6.07) is 11.6. The molecule has 0 saturated heterocycles. The van der Waals surface area contributed by atoms with Crippen LogP contribution in [0.2, 0.25) is 0 Å². The third-order valence-corrected chi connectivity index (χ3v) is 4.26. The number of carbonyl (C=O) groups is 2. The molecule has 0 fully saturated rings. The molecule has 0 aromatic heterocycles. The lowest BCUT2D eigenvalue weighted by molar-refractivity contribution is -0.274. The molecule has 1 aliphatic heterocycles. The topological polar surface area (TPSA) is 67.9 Å². The van der Waals surface area contributed by atoms with Crippen LogP contribution in [0.3, 0.4) is 0 Å². The quantitative estimate of drug-likeness (QED) is 0.681. The first kappa shape index (κ1) is 21.2. The number of nitrogens with one attached hydrogen (secondary N) is 1. The van der Waals surface area contributed by atoms with Gasteiger partial charge in [-0.15, -0.1) is 13.2 Å². The van der Waals surface area contributed by atoms with Crippen molar-refractivity contribution in [3.05, 3.63) is 59.8 Å². The summed E-state index contributed by atoms with van der Waals surface area (Å²) >= 11 is 0. The number of amides is 2. The minimum atomic E-state index is -4.80. The van der Waals surface area contributed by atoms with Gasteiger partial charge in [-0.1, -0.05) is 19.1 Å². The van der Waals surface area contributed by atoms with Crippen molar-refractivity contribution in [2.75, 3.05) is 19.0 Å². The van der Waals surface area contributed by atoms with Gasteiger partial charge in [-0.3, -0.25) is 14.5 Å². The Labute approximate surface area is 170 Å². The van der Waals surface area contributed by atoms with Crippen LogP contribution in [0.1, 0.15) is 18.9 Å². The highest BCUT2D eigenvalue weighted by molar-refractivity contribution is 6.36. The van der Waals surface area contributed by atoms with Crippen LogP contribution in [0, 0.1) is 0 Å². The number of nitrogens with zero attached hydrogens (tertiary/aromatic N) is 1. The summed E-state index contributed by atoms with van der Waals surface area (Å²) in [5.41, 5.74) is 1.05. The van der Waals surface area contributed by atoms with E-state index in [9.17, 15) is 22.8 Å². The van der Waals surface area contributed by atoms with Crippen LogP contribution in [0.25, 0.3) is 5.57 Å². The Balaban J connectivity index is 1.88. The monoisotopic (exact) mass is 420 g/mol. The van der Waals surface area contributed by atoms with Crippen LogP contribution in [0.15, 0.2) is 54.2 Å². The van der Waals surface area contributed by atoms with E-state index in [0.717, 1.165) is 23.5 Å². The molecule has 3 rings (SSSR count). The molecular formula is C21H19F3N2O4. The molecule has 158 valence electrons. The molecule has 2 amide bonds. The summed E-state index contributed by atoms with van der Waals surface area (Å²) in [6.45, 7) is 2.54. The maximum absolute atomic E-state index is 12.6. The SMILES string of the molecule is CCCOc1ccc(C2=C(Nc3ccc(OC(F)(F)F)cc3)C(=O)N(C)C2=O)cc1. The van der Waals surface area contributed by atoms with Crippen molar-refractivity contribution in [2.45, 2.75) is 19.7 Å². The zero-order valence-electron chi connectivity index (χ0n) is 16.2. The molecule has 1 aliphatic rings. The standard InChI is InChI=1S/C21H19F3N2O4/c1-3-12-29-15-8-4-13(5-9-15)17-18(20(28)26(2)19(17)27)25-14-6-10-16(11-7-14)30-21(22,23)24/h4-11,25H,3,12H2,1-2H3. The third-order valence-electron chi connectivity index (χ3n) is 4.26. The number of imide groups is 1. The predicted octanol–water partition coefficient (Wildman–Crippen LogP) is 4.20. The Kier molecular flexibility index (Phi) is 6.00. The van der Waals surface area contributed by atoms with E-state index in [1.807, 2.05) is 6.92 Å². The third kappa shape index (κ3) is 4.73. The van der Waals surface area contributed by atoms with Crippen LogP contribution in [-0.2, 0) is 9.59 Å². The number of ether oxygens (including phenoxy) is 2. The Bertz CT molecular complexity index is 967. The lowest BCUT2D eigenvalue weighted by Gasteiger charge is -2.11. The molecule has 1 heterocycles. The van der Waals surface area contributed by atoms with E-state index < -0.39 is 23.9 Å². The fourth-order valence-corrected chi connectivity index (χ4v) is 2.85. The predicted molar refractivity (Wildman–Crippen MR) is 104 cm³/mol. The van der Waals surface area contributed by atoms with Crippen LogP contribution >= 0.6 is 0 Å². The Morgan fingerprint density at radius 2 is 1.53 bits per heavy atom. The number of benzene rings is 2. The van der Waals surface area contributed by atoms with Crippen molar-refractivity contribution in [1.29, 1.82) is 0 Å². The van der Waals surface area contributed by atoms with Gasteiger partial charge in [0.05, 0.1) is 12.2 Å². The number of halogens is 3. The molecule has 0 unspecified atom stereocenters. The molecule has 2 aromatic carbocycles. The molecule has 30 heavy (non-hydrogen) atoms. The summed E-state index contributed by atoms with van der Waals surface area (Å²) in [5.74, 6) is -0.782. The van der Waals surface area contributed by atoms with Gasteiger partial charge in [0.25, 0.3) is 11.8 Å². The van der Waals surface area contributed by atoms with E-state index in [2.05, 4.69) is 10.1 Å². The van der Waals surface area contributed by atoms with E-state index in [1.165, 1.54) is 19.2 Å². The molecule has 2 aromatic rings. The van der Waals surface area contributed by atoms with Crippen molar-refractivity contribution in [1.82, 2.24) is 4.90 Å². The maximum atomic E-state index is 12.6. The fraction of sp³-hybridized carbons (Fsp3) is 0.238. The highest BCUT2D eigenvalue weighted by Crippen LogP contribution is 2.31. The van der Waals surface area contributed by atoms with Gasteiger partial charge in [0.15, 0.2) is 0 Å². The van der Waals surface area contributed by atoms with Gasteiger partial charge in [-0.25, -0.2) is 0 Å². The van der Waals surface area contributed by atoms with Crippen LogP contribution in [-0.4, -0.2) is 36.7 Å². The lowest BCUT2D eigenvalue weighted by Crippen LogP contribution is -2.27. The minimum absolute atomic E-state index is 0.0363. The maximum Gasteiger partial charge on any atom is 0.573 e. The fourth-order valence-electron chi connectivity index (χ4n) is 2.85. The Morgan fingerprint density at radius 1 is 0.933 bits per heavy atom. The molecule has 0 radical (unpaired) electrons. The number of likely N-dealkylation sites (N-methyl/N-ethyl adjacent to an activating group) is 1. The van der Waals surface area contributed by atoms with Crippen LogP contribution in [0.4, 0.5) is 18.9 Å². The van der Waals surface area contributed by atoms with Crippen molar-refractivity contribution in [3.8, 4) is 11.5 Å². The number of alkyl halides is 3. The first-order valence-electron chi connectivity index (χ1n) is 9.12. The lowest BCUT2D eigenvalue weighted by atomic mass is 10.0. The zero-order chi connectivity index (χ0) is 21.9. The molecular weight excluding hydrogens is 401 g/mol. The molecule has 0 spiro atoms. The number of hydrogen-bond acceptors (Lipinski definition) is 5. The number of carbonyl (C=O) groups excluding carboxylic acids is 2. The summed E-state index contributed by atoms with van der Waals surface area (Å²) in [7, 11) is 1.36. The van der Waals surface area contributed by atoms with Crippen LogP contribution in [0.5, 0.6) is 11.5 Å². The number of anilines is 1. The average molecular weight is 420 g/mol. The normalized spacial score (nSPS) is 14.4. The minimum Gasteiger partial charge on any atom is -0.494 e. The molecule has 0 bridgehead atoms. The van der Waals surface area contributed by atoms with Gasteiger partial charge in [-0.05, 0) is 48.4 Å². The highest BCUT2D eigenvalue weighted by atomic mass is 19.4. The average Bonchev–Trinajstić information content (AvgIpc) is 2.91. The molecule has 0 atom stereocenters. The molecule has 1 N–H and O–H groups in total. The second-order valence-corrected chi connectivity index (χ2v) is 6.49. The van der Waals surface area contributed by atoms with Gasteiger partial charge in [0.2, 0.25) is 0 Å². The molecule has 0 saturated carbocycles. The Hall–Kier alpha value is -3.49. The first-order chi connectivity index (χ1) is 14.2. The Morgan fingerprint density at radius 3 is 2.10 bits per heavy atom. The van der Waals surface area contributed by atoms with E-state index in [4.69, 9.17) is 4.74 Å². The van der Waals surface area contributed by atoms with Gasteiger partial charge >= 0.3 is 6.36 Å².